The Morgan fingerprint density at radius 2 is 1.45 bits per heavy atom. The minimum atomic E-state index is -0.0906. The Balaban J connectivity index is 2.17. The van der Waals surface area contributed by atoms with E-state index in [-0.39, 0.29) is 5.54 Å². The fourth-order valence-corrected chi connectivity index (χ4v) is 2.24. The van der Waals surface area contributed by atoms with Crippen LogP contribution in [0.1, 0.15) is 30.5 Å². The molecular weight excluding hydrogens is 242 g/mol. The molecule has 0 saturated carbocycles. The van der Waals surface area contributed by atoms with Gasteiger partial charge in [0.25, 0.3) is 0 Å². The average molecular weight is 265 g/mol. The van der Waals surface area contributed by atoms with Crippen molar-refractivity contribution in [1.82, 2.24) is 0 Å². The second-order valence-corrected chi connectivity index (χ2v) is 5.86. The summed E-state index contributed by atoms with van der Waals surface area (Å²) in [6.45, 7) is 8.68. The van der Waals surface area contributed by atoms with Crippen molar-refractivity contribution in [3.05, 3.63) is 71.3 Å². The summed E-state index contributed by atoms with van der Waals surface area (Å²) in [4.78, 5) is 0. The molecule has 2 aromatic rings. The Labute approximate surface area is 122 Å². The van der Waals surface area contributed by atoms with E-state index in [9.17, 15) is 0 Å². The summed E-state index contributed by atoms with van der Waals surface area (Å²) >= 11 is 0. The first kappa shape index (κ1) is 14.4. The number of benzene rings is 2. The molecule has 0 unspecified atom stereocenters. The summed E-state index contributed by atoms with van der Waals surface area (Å²) < 4.78 is 0. The number of para-hydroxylation sites is 1. The van der Waals surface area contributed by atoms with Gasteiger partial charge in [-0.25, -0.2) is 0 Å². The zero-order valence-electron chi connectivity index (χ0n) is 12.8. The largest absolute Gasteiger partial charge is 0.376 e. The van der Waals surface area contributed by atoms with Crippen LogP contribution >= 0.6 is 0 Å². The molecule has 0 aliphatic carbocycles. The van der Waals surface area contributed by atoms with Crippen LogP contribution in [0.25, 0.3) is 6.08 Å². The predicted octanol–water partition coefficient (Wildman–Crippen LogP) is 5.21. The van der Waals surface area contributed by atoms with E-state index in [0.29, 0.717) is 0 Å². The van der Waals surface area contributed by atoms with Gasteiger partial charge in [-0.3, -0.25) is 0 Å². The highest BCUT2D eigenvalue weighted by atomic mass is 15.0. The average Bonchev–Trinajstić information content (AvgIpc) is 2.42. The molecule has 0 heterocycles. The topological polar surface area (TPSA) is 12.0 Å². The van der Waals surface area contributed by atoms with Crippen LogP contribution < -0.4 is 5.32 Å². The van der Waals surface area contributed by atoms with Crippen molar-refractivity contribution in [1.29, 1.82) is 0 Å². The Bertz CT molecular complexity index is 574. The first-order chi connectivity index (χ1) is 9.48. The third kappa shape index (κ3) is 3.74. The van der Waals surface area contributed by atoms with Gasteiger partial charge in [0, 0.05) is 5.69 Å². The molecule has 0 spiro atoms. The van der Waals surface area contributed by atoms with Crippen LogP contribution in [0.4, 0.5) is 5.69 Å². The minimum absolute atomic E-state index is 0.0906. The summed E-state index contributed by atoms with van der Waals surface area (Å²) in [5.41, 5.74) is 4.93. The van der Waals surface area contributed by atoms with E-state index in [1.165, 1.54) is 22.4 Å². The van der Waals surface area contributed by atoms with Gasteiger partial charge in [-0.05, 0) is 44.4 Å². The Kier molecular flexibility index (Phi) is 4.29. The summed E-state index contributed by atoms with van der Waals surface area (Å²) in [5.74, 6) is 0. The normalized spacial score (nSPS) is 11.8. The lowest BCUT2D eigenvalue weighted by molar-refractivity contribution is 0.714. The molecule has 0 aliphatic heterocycles. The maximum absolute atomic E-state index is 3.64. The van der Waals surface area contributed by atoms with E-state index in [2.05, 4.69) is 87.6 Å². The molecule has 0 fully saturated rings. The van der Waals surface area contributed by atoms with Gasteiger partial charge in [0.2, 0.25) is 0 Å². The fraction of sp³-hybridized carbons (Fsp3) is 0.263. The van der Waals surface area contributed by atoms with E-state index < -0.39 is 0 Å². The monoisotopic (exact) mass is 265 g/mol. The maximum atomic E-state index is 3.64. The highest BCUT2D eigenvalue weighted by Gasteiger charge is 2.15. The second-order valence-electron chi connectivity index (χ2n) is 5.86. The Morgan fingerprint density at radius 1 is 0.850 bits per heavy atom. The Morgan fingerprint density at radius 3 is 2.05 bits per heavy atom. The number of hydrogen-bond donors (Lipinski definition) is 1. The molecular formula is C19H23N. The first-order valence-electron chi connectivity index (χ1n) is 7.07. The lowest BCUT2D eigenvalue weighted by Crippen LogP contribution is -2.28. The van der Waals surface area contributed by atoms with Gasteiger partial charge in [-0.1, -0.05) is 60.7 Å². The van der Waals surface area contributed by atoms with Crippen molar-refractivity contribution in [2.24, 2.45) is 0 Å². The number of aryl methyl sites for hydroxylation is 2. The summed E-state index contributed by atoms with van der Waals surface area (Å²) in [6.07, 6.45) is 4.38. The SMILES string of the molecule is Cc1cccc(C)c1NC(C)(C)/C=C/c1ccccc1. The number of hydrogen-bond acceptors (Lipinski definition) is 1. The van der Waals surface area contributed by atoms with Gasteiger partial charge in [-0.2, -0.15) is 0 Å². The molecule has 1 nitrogen and oxygen atoms in total. The van der Waals surface area contributed by atoms with E-state index in [0.717, 1.165) is 0 Å². The molecule has 1 heteroatoms. The molecule has 0 saturated heterocycles. The quantitative estimate of drug-likeness (QED) is 0.800. The lowest BCUT2D eigenvalue weighted by atomic mass is 10.00. The van der Waals surface area contributed by atoms with Gasteiger partial charge in [-0.15, -0.1) is 0 Å². The van der Waals surface area contributed by atoms with Crippen LogP contribution in [0, 0.1) is 13.8 Å². The molecule has 1 N–H and O–H groups in total. The second kappa shape index (κ2) is 5.96. The van der Waals surface area contributed by atoms with Gasteiger partial charge < -0.3 is 5.32 Å². The highest BCUT2D eigenvalue weighted by molar-refractivity contribution is 5.60. The van der Waals surface area contributed by atoms with Gasteiger partial charge >= 0.3 is 0 Å². The third-order valence-electron chi connectivity index (χ3n) is 3.42. The molecule has 2 aromatic carbocycles. The van der Waals surface area contributed by atoms with Crippen molar-refractivity contribution < 1.29 is 0 Å². The van der Waals surface area contributed by atoms with E-state index in [1.54, 1.807) is 0 Å². The summed E-state index contributed by atoms with van der Waals surface area (Å²) in [7, 11) is 0. The van der Waals surface area contributed by atoms with Gasteiger partial charge in [0.1, 0.15) is 0 Å². The van der Waals surface area contributed by atoms with Crippen molar-refractivity contribution in [2.75, 3.05) is 5.32 Å². The van der Waals surface area contributed by atoms with E-state index in [4.69, 9.17) is 0 Å². The molecule has 20 heavy (non-hydrogen) atoms. The van der Waals surface area contributed by atoms with Crippen molar-refractivity contribution in [2.45, 2.75) is 33.2 Å². The molecule has 0 bridgehead atoms. The molecule has 0 atom stereocenters. The summed E-state index contributed by atoms with van der Waals surface area (Å²) in [5, 5.41) is 3.64. The predicted molar refractivity (Wildman–Crippen MR) is 89.1 cm³/mol. The van der Waals surface area contributed by atoms with E-state index in [1.807, 2.05) is 6.07 Å². The van der Waals surface area contributed by atoms with Crippen LogP contribution in [0.5, 0.6) is 0 Å². The number of anilines is 1. The highest BCUT2D eigenvalue weighted by Crippen LogP contribution is 2.24. The van der Waals surface area contributed by atoms with Crippen LogP contribution in [-0.2, 0) is 0 Å². The van der Waals surface area contributed by atoms with Crippen LogP contribution in [0.2, 0.25) is 0 Å². The molecule has 104 valence electrons. The zero-order valence-corrected chi connectivity index (χ0v) is 12.8. The summed E-state index contributed by atoms with van der Waals surface area (Å²) in [6, 6.07) is 16.8. The van der Waals surface area contributed by atoms with Gasteiger partial charge in [0.05, 0.1) is 5.54 Å². The van der Waals surface area contributed by atoms with Crippen molar-refractivity contribution in [3.63, 3.8) is 0 Å². The minimum Gasteiger partial charge on any atom is -0.376 e. The maximum Gasteiger partial charge on any atom is 0.0503 e. The first-order valence-corrected chi connectivity index (χ1v) is 7.07. The van der Waals surface area contributed by atoms with Crippen molar-refractivity contribution in [3.8, 4) is 0 Å². The van der Waals surface area contributed by atoms with Crippen LogP contribution in [-0.4, -0.2) is 5.54 Å². The molecule has 0 aromatic heterocycles. The van der Waals surface area contributed by atoms with Gasteiger partial charge in [0.15, 0.2) is 0 Å². The molecule has 0 radical (unpaired) electrons. The number of nitrogens with one attached hydrogen (secondary N) is 1. The molecule has 0 amide bonds. The van der Waals surface area contributed by atoms with Crippen LogP contribution in [0.15, 0.2) is 54.6 Å². The molecule has 2 rings (SSSR count). The zero-order chi connectivity index (χ0) is 14.6. The smallest absolute Gasteiger partial charge is 0.0503 e. The van der Waals surface area contributed by atoms with E-state index >= 15 is 0 Å². The van der Waals surface area contributed by atoms with Crippen molar-refractivity contribution >= 4 is 11.8 Å². The standard InChI is InChI=1S/C19H23N/c1-15-9-8-10-16(2)18(15)20-19(3,4)14-13-17-11-6-5-7-12-17/h5-14,20H,1-4H3/b14-13+. The lowest BCUT2D eigenvalue weighted by Gasteiger charge is -2.26. The third-order valence-corrected chi connectivity index (χ3v) is 3.42. The Hall–Kier alpha value is -2.02. The fourth-order valence-electron chi connectivity index (χ4n) is 2.24. The van der Waals surface area contributed by atoms with Crippen LogP contribution in [0.3, 0.4) is 0 Å². The molecule has 0 aliphatic rings. The number of rotatable bonds is 4.